The number of aliphatic carboxylic acids is 2. The summed E-state index contributed by atoms with van der Waals surface area (Å²) >= 11 is 0. The topological polar surface area (TPSA) is 101 Å². The van der Waals surface area contributed by atoms with Gasteiger partial charge in [0, 0.05) is 18.9 Å². The van der Waals surface area contributed by atoms with Gasteiger partial charge < -0.3 is 15.9 Å². The molecule has 2 rings (SSSR count). The largest absolute Gasteiger partial charge is 0.481 e. The van der Waals surface area contributed by atoms with E-state index in [1.165, 1.54) is 167 Å². The molecule has 2 aliphatic carbocycles. The lowest BCUT2D eigenvalue weighted by molar-refractivity contribution is -0.138. The van der Waals surface area contributed by atoms with Crippen molar-refractivity contribution in [2.75, 3.05) is 0 Å². The summed E-state index contributed by atoms with van der Waals surface area (Å²) in [6.45, 7) is 6.85. The number of carboxylic acids is 2. The molecule has 5 heteroatoms. The fourth-order valence-electron chi connectivity index (χ4n) is 8.75. The minimum absolute atomic E-state index is 0.314. The minimum Gasteiger partial charge on any atom is -0.481 e. The van der Waals surface area contributed by atoms with Crippen molar-refractivity contribution in [1.29, 1.82) is 0 Å². The minimum atomic E-state index is -0.662. The highest BCUT2D eigenvalue weighted by Crippen LogP contribution is 2.46. The Morgan fingerprint density at radius 1 is 0.500 bits per heavy atom. The van der Waals surface area contributed by atoms with Crippen LogP contribution in [-0.4, -0.2) is 28.2 Å². The molecule has 2 fully saturated rings. The smallest absolute Gasteiger partial charge is 0.303 e. The zero-order valence-corrected chi connectivity index (χ0v) is 32.4. The van der Waals surface area contributed by atoms with Crippen molar-refractivity contribution < 1.29 is 19.8 Å². The van der Waals surface area contributed by atoms with Crippen LogP contribution < -0.4 is 5.73 Å². The second-order valence-electron chi connectivity index (χ2n) is 16.2. The average Bonchev–Trinajstić information content (AvgIpc) is 3.06. The van der Waals surface area contributed by atoms with E-state index in [-0.39, 0.29) is 0 Å². The summed E-state index contributed by atoms with van der Waals surface area (Å²) in [6, 6.07) is 0.503. The van der Waals surface area contributed by atoms with Gasteiger partial charge >= 0.3 is 11.9 Å². The maximum atomic E-state index is 10.9. The second kappa shape index (κ2) is 30.7. The van der Waals surface area contributed by atoms with Gasteiger partial charge in [0.1, 0.15) is 0 Å². The van der Waals surface area contributed by atoms with E-state index in [2.05, 4.69) is 20.8 Å². The maximum Gasteiger partial charge on any atom is 0.303 e. The summed E-state index contributed by atoms with van der Waals surface area (Å²) in [7, 11) is 0. The molecule has 0 amide bonds. The van der Waals surface area contributed by atoms with Crippen LogP contribution in [0.25, 0.3) is 0 Å². The first-order valence-electron chi connectivity index (χ1n) is 21.5. The van der Waals surface area contributed by atoms with Crippen molar-refractivity contribution in [3.05, 3.63) is 0 Å². The fourth-order valence-corrected chi connectivity index (χ4v) is 8.75. The molecule has 0 aromatic carbocycles. The number of hydrogen-bond donors (Lipinski definition) is 3. The molecule has 4 N–H and O–H groups in total. The van der Waals surface area contributed by atoms with Crippen LogP contribution in [0.2, 0.25) is 0 Å². The summed E-state index contributed by atoms with van der Waals surface area (Å²) in [6.07, 6.45) is 39.6. The molecule has 0 aromatic rings. The number of carboxylic acid groups (broad SMARTS) is 2. The van der Waals surface area contributed by atoms with Gasteiger partial charge in [-0.3, -0.25) is 9.59 Å². The summed E-state index contributed by atoms with van der Waals surface area (Å²) in [5.74, 6) is 2.95. The van der Waals surface area contributed by atoms with Gasteiger partial charge in [0.2, 0.25) is 0 Å². The number of carbonyl (C=O) groups is 2. The van der Waals surface area contributed by atoms with Crippen LogP contribution in [0.5, 0.6) is 0 Å². The molecule has 2 saturated carbocycles. The Bertz CT molecular complexity index is 695. The zero-order valence-electron chi connectivity index (χ0n) is 32.4. The second-order valence-corrected chi connectivity index (χ2v) is 16.2. The van der Waals surface area contributed by atoms with Crippen molar-refractivity contribution in [3.63, 3.8) is 0 Å². The highest BCUT2D eigenvalue weighted by Gasteiger charge is 2.35. The number of unbranched alkanes of at least 4 members (excludes halogenated alkanes) is 16. The van der Waals surface area contributed by atoms with E-state index in [1.54, 1.807) is 0 Å². The van der Waals surface area contributed by atoms with Crippen LogP contribution in [0.1, 0.15) is 226 Å². The molecule has 0 aliphatic heterocycles. The first kappa shape index (κ1) is 44.9. The third kappa shape index (κ3) is 24.1. The van der Waals surface area contributed by atoms with Gasteiger partial charge in [0.25, 0.3) is 0 Å². The highest BCUT2D eigenvalue weighted by atomic mass is 16.4. The van der Waals surface area contributed by atoms with Gasteiger partial charge in [-0.1, -0.05) is 175 Å². The maximum absolute atomic E-state index is 10.9. The lowest BCUT2D eigenvalue weighted by Crippen LogP contribution is -2.32. The molecule has 6 atom stereocenters. The first-order chi connectivity index (χ1) is 23.3. The molecule has 284 valence electrons. The molecule has 0 aromatic heterocycles. The van der Waals surface area contributed by atoms with E-state index in [0.717, 1.165) is 55.3 Å². The van der Waals surface area contributed by atoms with Gasteiger partial charge in [-0.05, 0) is 68.1 Å². The zero-order chi connectivity index (χ0) is 35.2. The fraction of sp³-hybridized carbons (Fsp3) is 0.953. The summed E-state index contributed by atoms with van der Waals surface area (Å²) < 4.78 is 0. The van der Waals surface area contributed by atoms with E-state index >= 15 is 0 Å². The van der Waals surface area contributed by atoms with Crippen LogP contribution in [-0.2, 0) is 9.59 Å². The molecular formula is C43H83NO4. The molecule has 48 heavy (non-hydrogen) atoms. The number of rotatable bonds is 28. The Kier molecular flexibility index (Phi) is 28.7. The summed E-state index contributed by atoms with van der Waals surface area (Å²) in [5, 5.41) is 17.9. The van der Waals surface area contributed by atoms with Crippen LogP contribution in [0.4, 0.5) is 0 Å². The van der Waals surface area contributed by atoms with Crippen molar-refractivity contribution in [2.24, 2.45) is 35.3 Å². The molecule has 0 radical (unpaired) electrons. The van der Waals surface area contributed by atoms with Crippen molar-refractivity contribution in [2.45, 2.75) is 232 Å². The predicted octanol–water partition coefficient (Wildman–Crippen LogP) is 13.1. The van der Waals surface area contributed by atoms with Crippen LogP contribution in [0, 0.1) is 29.6 Å². The normalized spacial score (nSPS) is 24.2. The van der Waals surface area contributed by atoms with Gasteiger partial charge in [0.15, 0.2) is 0 Å². The SMILES string of the molecule is CCCCCCCCC1CC(CCCCCCC(=O)O)C(CCCCCCC(=O)O)CC1CCCCCCCC.C[C@H]1CCCC[C@@H]1N. The molecule has 0 heterocycles. The van der Waals surface area contributed by atoms with Crippen molar-refractivity contribution >= 4 is 11.9 Å². The standard InChI is InChI=1S/C36H68O4.C7H15N/c1-3-5-7-9-11-17-23-31-29-33(25-19-13-15-21-27-35(37)38)34(26-20-14-16-22-28-36(39)40)30-32(31)24-18-12-10-8-6-4-2;1-6-4-2-3-5-7(6)8/h31-34H,3-30H2,1-2H3,(H,37,38)(H,39,40);6-7H,2-5,8H2,1H3/t;6-,7-/m.0/s1. The quantitative estimate of drug-likeness (QED) is 0.0715. The average molecular weight is 678 g/mol. The monoisotopic (exact) mass is 678 g/mol. The van der Waals surface area contributed by atoms with E-state index < -0.39 is 11.9 Å². The summed E-state index contributed by atoms with van der Waals surface area (Å²) in [5.41, 5.74) is 5.78. The molecule has 4 unspecified atom stereocenters. The molecule has 0 bridgehead atoms. The van der Waals surface area contributed by atoms with Gasteiger partial charge in [-0.2, -0.15) is 0 Å². The summed E-state index contributed by atoms with van der Waals surface area (Å²) in [4.78, 5) is 21.7. The number of hydrogen-bond acceptors (Lipinski definition) is 3. The number of nitrogens with two attached hydrogens (primary N) is 1. The molecular weight excluding hydrogens is 594 g/mol. The molecule has 2 aliphatic rings. The van der Waals surface area contributed by atoms with Crippen LogP contribution in [0.15, 0.2) is 0 Å². The highest BCUT2D eigenvalue weighted by molar-refractivity contribution is 5.66. The van der Waals surface area contributed by atoms with Crippen molar-refractivity contribution in [1.82, 2.24) is 0 Å². The third-order valence-electron chi connectivity index (χ3n) is 12.0. The Morgan fingerprint density at radius 2 is 0.812 bits per heavy atom. The Balaban J connectivity index is 0.00000125. The lowest BCUT2D eigenvalue weighted by Gasteiger charge is -2.42. The van der Waals surface area contributed by atoms with E-state index in [0.29, 0.717) is 18.9 Å². The van der Waals surface area contributed by atoms with Gasteiger partial charge in [-0.25, -0.2) is 0 Å². The Labute approximate surface area is 298 Å². The van der Waals surface area contributed by atoms with E-state index in [1.807, 2.05) is 0 Å². The Morgan fingerprint density at radius 3 is 1.10 bits per heavy atom. The third-order valence-corrected chi connectivity index (χ3v) is 12.0. The van der Waals surface area contributed by atoms with Gasteiger partial charge in [-0.15, -0.1) is 0 Å². The molecule has 0 saturated heterocycles. The first-order valence-corrected chi connectivity index (χ1v) is 21.5. The van der Waals surface area contributed by atoms with Crippen LogP contribution >= 0.6 is 0 Å². The predicted molar refractivity (Wildman–Crippen MR) is 205 cm³/mol. The van der Waals surface area contributed by atoms with Crippen LogP contribution in [0.3, 0.4) is 0 Å². The van der Waals surface area contributed by atoms with E-state index in [4.69, 9.17) is 15.9 Å². The molecule has 0 spiro atoms. The van der Waals surface area contributed by atoms with Gasteiger partial charge in [0.05, 0.1) is 0 Å². The van der Waals surface area contributed by atoms with Crippen molar-refractivity contribution in [3.8, 4) is 0 Å². The molecule has 5 nitrogen and oxygen atoms in total. The lowest BCUT2D eigenvalue weighted by atomic mass is 9.63. The van der Waals surface area contributed by atoms with E-state index in [9.17, 15) is 9.59 Å². The Hall–Kier alpha value is -1.10.